The van der Waals surface area contributed by atoms with Crippen molar-refractivity contribution < 1.29 is 0 Å². The van der Waals surface area contributed by atoms with Crippen molar-refractivity contribution in [3.63, 3.8) is 0 Å². The van der Waals surface area contributed by atoms with Gasteiger partial charge in [0.1, 0.15) is 0 Å². The van der Waals surface area contributed by atoms with E-state index in [9.17, 15) is 0 Å². The van der Waals surface area contributed by atoms with E-state index in [2.05, 4.69) is 13.8 Å². The van der Waals surface area contributed by atoms with Gasteiger partial charge in [-0.05, 0) is 42.9 Å². The molecule has 0 nitrogen and oxygen atoms in total. The number of fused-ring (bicyclic) bond motifs is 2. The lowest BCUT2D eigenvalue weighted by Gasteiger charge is -2.35. The fourth-order valence-electron chi connectivity index (χ4n) is 3.50. The Morgan fingerprint density at radius 2 is 1.38 bits per heavy atom. The Hall–Kier alpha value is 0. The summed E-state index contributed by atoms with van der Waals surface area (Å²) in [4.78, 5) is 0. The summed E-state index contributed by atoms with van der Waals surface area (Å²) in [6.07, 6.45) is 10.8. The summed E-state index contributed by atoms with van der Waals surface area (Å²) >= 11 is 0. The maximum atomic E-state index is 2.42. The first-order valence-corrected chi connectivity index (χ1v) is 6.25. The molecule has 2 aliphatic carbocycles. The van der Waals surface area contributed by atoms with Crippen LogP contribution in [0.25, 0.3) is 0 Å². The summed E-state index contributed by atoms with van der Waals surface area (Å²) in [5.41, 5.74) is 0. The monoisotopic (exact) mass is 180 g/mol. The molecule has 13 heavy (non-hydrogen) atoms. The zero-order valence-corrected chi connectivity index (χ0v) is 9.26. The van der Waals surface area contributed by atoms with E-state index in [0.717, 1.165) is 23.7 Å². The second kappa shape index (κ2) is 4.02. The molecule has 0 heterocycles. The molecule has 0 spiro atoms. The van der Waals surface area contributed by atoms with Gasteiger partial charge in [0.25, 0.3) is 0 Å². The van der Waals surface area contributed by atoms with Crippen LogP contribution in [0.1, 0.15) is 58.8 Å². The van der Waals surface area contributed by atoms with Crippen LogP contribution in [0.3, 0.4) is 0 Å². The van der Waals surface area contributed by atoms with E-state index in [-0.39, 0.29) is 0 Å². The van der Waals surface area contributed by atoms with Gasteiger partial charge in [-0.1, -0.05) is 39.5 Å². The van der Waals surface area contributed by atoms with Crippen molar-refractivity contribution in [2.75, 3.05) is 0 Å². The zero-order chi connectivity index (χ0) is 9.26. The van der Waals surface area contributed by atoms with Gasteiger partial charge in [0.15, 0.2) is 0 Å². The van der Waals surface area contributed by atoms with Crippen molar-refractivity contribution in [3.05, 3.63) is 0 Å². The van der Waals surface area contributed by atoms with E-state index >= 15 is 0 Å². The third-order valence-electron chi connectivity index (χ3n) is 4.36. The first kappa shape index (κ1) is 9.55. The Balaban J connectivity index is 1.98. The Kier molecular flexibility index (Phi) is 2.96. The smallest absolute Gasteiger partial charge is 0.0386 e. The third kappa shape index (κ3) is 2.27. The number of rotatable bonds is 1. The molecule has 76 valence electrons. The number of hydrogen-bond acceptors (Lipinski definition) is 0. The molecule has 0 N–H and O–H groups in total. The van der Waals surface area contributed by atoms with Crippen LogP contribution in [-0.4, -0.2) is 0 Å². The first-order valence-electron chi connectivity index (χ1n) is 6.25. The fourth-order valence-corrected chi connectivity index (χ4v) is 3.50. The molecule has 2 aliphatic rings. The highest BCUT2D eigenvalue weighted by Crippen LogP contribution is 2.43. The van der Waals surface area contributed by atoms with Crippen LogP contribution >= 0.6 is 0 Å². The summed E-state index contributed by atoms with van der Waals surface area (Å²) in [6.45, 7) is 4.84. The molecule has 0 amide bonds. The summed E-state index contributed by atoms with van der Waals surface area (Å²) < 4.78 is 0. The lowest BCUT2D eigenvalue weighted by molar-refractivity contribution is 0.160. The van der Waals surface area contributed by atoms with E-state index in [4.69, 9.17) is 0 Å². The molecule has 1 unspecified atom stereocenters. The minimum Gasteiger partial charge on any atom is -0.0625 e. The standard InChI is InChI=1S/C13H24/c1-10(2)13-8-11-5-3-4-6-12(7-11)9-13/h10-13H,3-9H2,1-2H3/t11-,12+,13?. The number of hydrogen-bond donors (Lipinski definition) is 0. The van der Waals surface area contributed by atoms with E-state index in [1.807, 2.05) is 0 Å². The molecule has 2 fully saturated rings. The van der Waals surface area contributed by atoms with Crippen LogP contribution in [0, 0.1) is 23.7 Å². The molecule has 0 radical (unpaired) electrons. The van der Waals surface area contributed by atoms with Crippen molar-refractivity contribution in [3.8, 4) is 0 Å². The van der Waals surface area contributed by atoms with E-state index in [1.54, 1.807) is 32.1 Å². The van der Waals surface area contributed by atoms with Crippen LogP contribution in [0.15, 0.2) is 0 Å². The highest BCUT2D eigenvalue weighted by atomic mass is 14.4. The lowest BCUT2D eigenvalue weighted by Crippen LogP contribution is -2.24. The predicted molar refractivity (Wildman–Crippen MR) is 57.6 cm³/mol. The molecule has 2 rings (SSSR count). The molecule has 0 aromatic heterocycles. The molecule has 3 atom stereocenters. The van der Waals surface area contributed by atoms with Gasteiger partial charge in [-0.15, -0.1) is 0 Å². The highest BCUT2D eigenvalue weighted by Gasteiger charge is 2.31. The quantitative estimate of drug-likeness (QED) is 0.566. The normalized spacial score (nSPS) is 40.4. The molecule has 0 heteroatoms. The van der Waals surface area contributed by atoms with Gasteiger partial charge in [-0.25, -0.2) is 0 Å². The second-order valence-electron chi connectivity index (χ2n) is 5.73. The van der Waals surface area contributed by atoms with Crippen LogP contribution in [-0.2, 0) is 0 Å². The van der Waals surface area contributed by atoms with Crippen molar-refractivity contribution in [2.24, 2.45) is 23.7 Å². The molecular formula is C13H24. The Morgan fingerprint density at radius 1 is 0.846 bits per heavy atom. The molecule has 2 saturated carbocycles. The van der Waals surface area contributed by atoms with Gasteiger partial charge in [-0.3, -0.25) is 0 Å². The van der Waals surface area contributed by atoms with Gasteiger partial charge >= 0.3 is 0 Å². The predicted octanol–water partition coefficient (Wildman–Crippen LogP) is 4.25. The van der Waals surface area contributed by atoms with Crippen molar-refractivity contribution in [1.29, 1.82) is 0 Å². The maximum absolute atomic E-state index is 2.42. The van der Waals surface area contributed by atoms with E-state index < -0.39 is 0 Å². The van der Waals surface area contributed by atoms with Crippen molar-refractivity contribution in [2.45, 2.75) is 58.8 Å². The van der Waals surface area contributed by atoms with Crippen LogP contribution < -0.4 is 0 Å². The van der Waals surface area contributed by atoms with Gasteiger partial charge < -0.3 is 0 Å². The summed E-state index contributed by atoms with van der Waals surface area (Å²) in [6, 6.07) is 0. The minimum absolute atomic E-state index is 0.934. The van der Waals surface area contributed by atoms with Gasteiger partial charge in [-0.2, -0.15) is 0 Å². The molecule has 0 saturated heterocycles. The largest absolute Gasteiger partial charge is 0.0625 e. The Bertz CT molecular complexity index is 145. The van der Waals surface area contributed by atoms with Gasteiger partial charge in [0.2, 0.25) is 0 Å². The van der Waals surface area contributed by atoms with Gasteiger partial charge in [0, 0.05) is 0 Å². The van der Waals surface area contributed by atoms with Crippen LogP contribution in [0.5, 0.6) is 0 Å². The third-order valence-corrected chi connectivity index (χ3v) is 4.36. The van der Waals surface area contributed by atoms with E-state index in [1.165, 1.54) is 12.8 Å². The summed E-state index contributed by atoms with van der Waals surface area (Å²) in [7, 11) is 0. The molecule has 0 aromatic carbocycles. The second-order valence-corrected chi connectivity index (χ2v) is 5.73. The lowest BCUT2D eigenvalue weighted by atomic mass is 9.71. The van der Waals surface area contributed by atoms with Crippen molar-refractivity contribution in [1.82, 2.24) is 0 Å². The van der Waals surface area contributed by atoms with E-state index in [0.29, 0.717) is 0 Å². The van der Waals surface area contributed by atoms with Crippen molar-refractivity contribution >= 4 is 0 Å². The SMILES string of the molecule is CC(C)C1C[C@H]2CCCC[C@@H](C1)C2. The van der Waals surface area contributed by atoms with Crippen LogP contribution in [0.4, 0.5) is 0 Å². The highest BCUT2D eigenvalue weighted by molar-refractivity contribution is 4.82. The topological polar surface area (TPSA) is 0 Å². The first-order chi connectivity index (χ1) is 6.25. The summed E-state index contributed by atoms with van der Waals surface area (Å²) in [5, 5.41) is 0. The van der Waals surface area contributed by atoms with Crippen LogP contribution in [0.2, 0.25) is 0 Å². The average Bonchev–Trinajstić information content (AvgIpc) is 2.26. The Morgan fingerprint density at radius 3 is 1.85 bits per heavy atom. The van der Waals surface area contributed by atoms with Gasteiger partial charge in [0.05, 0.1) is 0 Å². The zero-order valence-electron chi connectivity index (χ0n) is 9.26. The maximum Gasteiger partial charge on any atom is -0.0386 e. The molecular weight excluding hydrogens is 156 g/mol. The molecule has 0 aliphatic heterocycles. The minimum atomic E-state index is 0.934. The fraction of sp³-hybridized carbons (Fsp3) is 1.00. The molecule has 2 bridgehead atoms. The average molecular weight is 180 g/mol. The molecule has 0 aromatic rings. The summed E-state index contributed by atoms with van der Waals surface area (Å²) in [5.74, 6) is 4.20. The Labute approximate surface area is 83.1 Å².